The van der Waals surface area contributed by atoms with Crippen molar-refractivity contribution in [1.82, 2.24) is 10.2 Å². The van der Waals surface area contributed by atoms with Crippen molar-refractivity contribution >= 4 is 12.0 Å². The number of aliphatic carboxylic acids is 1. The number of amides is 2. The van der Waals surface area contributed by atoms with Crippen LogP contribution in [0.25, 0.3) is 11.1 Å². The van der Waals surface area contributed by atoms with Gasteiger partial charge in [-0.15, -0.1) is 0 Å². The van der Waals surface area contributed by atoms with E-state index in [4.69, 9.17) is 9.47 Å². The summed E-state index contributed by atoms with van der Waals surface area (Å²) in [5.74, 6) is -1.03. The van der Waals surface area contributed by atoms with Crippen molar-refractivity contribution < 1.29 is 24.2 Å². The summed E-state index contributed by atoms with van der Waals surface area (Å²) in [5.41, 5.74) is 7.88. The number of ether oxygens (including phenoxy) is 2. The van der Waals surface area contributed by atoms with Gasteiger partial charge in [-0.25, -0.2) is 9.59 Å². The number of fused-ring (bicyclic) bond motifs is 1. The molecule has 1 aliphatic rings. The van der Waals surface area contributed by atoms with Crippen LogP contribution in [-0.4, -0.2) is 40.8 Å². The molecule has 0 saturated heterocycles. The van der Waals surface area contributed by atoms with E-state index in [2.05, 4.69) is 5.32 Å². The van der Waals surface area contributed by atoms with Crippen molar-refractivity contribution in [3.05, 3.63) is 93.5 Å². The molecule has 0 bridgehead atoms. The highest BCUT2D eigenvalue weighted by Crippen LogP contribution is 2.43. The number of nitrogens with zero attached hydrogens (tertiary/aromatic N) is 1. The number of nitrogens with one attached hydrogen (secondary N) is 1. The van der Waals surface area contributed by atoms with Gasteiger partial charge in [-0.05, 0) is 80.5 Å². The van der Waals surface area contributed by atoms with E-state index in [9.17, 15) is 14.7 Å². The van der Waals surface area contributed by atoms with E-state index in [0.717, 1.165) is 44.5 Å². The number of carboxylic acids is 1. The molecule has 7 heteroatoms. The van der Waals surface area contributed by atoms with Gasteiger partial charge in [0, 0.05) is 25.2 Å². The van der Waals surface area contributed by atoms with E-state index >= 15 is 0 Å². The Kier molecular flexibility index (Phi) is 8.96. The Balaban J connectivity index is 1.59. The van der Waals surface area contributed by atoms with Crippen molar-refractivity contribution in [1.29, 1.82) is 0 Å². The van der Waals surface area contributed by atoms with Gasteiger partial charge in [0.25, 0.3) is 0 Å². The minimum Gasteiger partial charge on any atom is -0.479 e. The Hall–Kier alpha value is -3.68. The van der Waals surface area contributed by atoms with Gasteiger partial charge in [0.1, 0.15) is 0 Å². The molecule has 3 aromatic rings. The second-order valence-corrected chi connectivity index (χ2v) is 11.4. The minimum absolute atomic E-state index is 0.169. The number of benzene rings is 3. The molecule has 0 unspecified atom stereocenters. The van der Waals surface area contributed by atoms with Gasteiger partial charge in [-0.2, -0.15) is 0 Å². The number of hydrogen-bond acceptors (Lipinski definition) is 4. The van der Waals surface area contributed by atoms with Crippen LogP contribution < -0.4 is 5.32 Å². The van der Waals surface area contributed by atoms with Crippen LogP contribution in [-0.2, 0) is 34.0 Å². The summed E-state index contributed by atoms with van der Waals surface area (Å²) in [5, 5.41) is 13.3. The molecule has 4 rings (SSSR count). The third-order valence-corrected chi connectivity index (χ3v) is 7.24. The SMILES string of the molecule is Cc1ccc(-c2c(C)c3c(c(C)c2[C@H](OC(C)(C)C)C(=O)O)CN(C(=O)NCCOCc2ccccc2)C3)cc1. The number of carbonyl (C=O) groups excluding carboxylic acids is 1. The van der Waals surface area contributed by atoms with Crippen molar-refractivity contribution in [3.8, 4) is 11.1 Å². The van der Waals surface area contributed by atoms with Crippen LogP contribution in [0, 0.1) is 20.8 Å². The number of urea groups is 1. The highest BCUT2D eigenvalue weighted by atomic mass is 16.5. The lowest BCUT2D eigenvalue weighted by Gasteiger charge is -2.29. The highest BCUT2D eigenvalue weighted by Gasteiger charge is 2.36. The summed E-state index contributed by atoms with van der Waals surface area (Å²) in [4.78, 5) is 27.5. The van der Waals surface area contributed by atoms with Crippen LogP contribution >= 0.6 is 0 Å². The highest BCUT2D eigenvalue weighted by molar-refractivity contribution is 5.85. The third-order valence-electron chi connectivity index (χ3n) is 7.24. The molecule has 1 heterocycles. The van der Waals surface area contributed by atoms with E-state index in [-0.39, 0.29) is 6.03 Å². The zero-order valence-electron chi connectivity index (χ0n) is 24.3. The third kappa shape index (κ3) is 6.72. The first-order valence-electron chi connectivity index (χ1n) is 13.7. The van der Waals surface area contributed by atoms with Crippen LogP contribution in [0.3, 0.4) is 0 Å². The van der Waals surface area contributed by atoms with Gasteiger partial charge >= 0.3 is 12.0 Å². The normalized spacial score (nSPS) is 13.7. The maximum Gasteiger partial charge on any atom is 0.337 e. The van der Waals surface area contributed by atoms with Crippen LogP contribution in [0.4, 0.5) is 4.79 Å². The lowest BCUT2D eigenvalue weighted by Crippen LogP contribution is -2.38. The Labute approximate surface area is 237 Å². The Morgan fingerprint density at radius 2 is 1.57 bits per heavy atom. The number of hydrogen-bond donors (Lipinski definition) is 2. The average Bonchev–Trinajstić information content (AvgIpc) is 3.36. The summed E-state index contributed by atoms with van der Waals surface area (Å²) >= 11 is 0. The standard InChI is InChI=1S/C33H40N2O5/c1-21-12-14-25(15-13-21)28-22(2)26-18-35(32(38)34-16-17-39-20-24-10-8-7-9-11-24)19-27(26)23(3)29(28)30(31(36)37)40-33(4,5)6/h7-15,30H,16-20H2,1-6H3,(H,34,38)(H,36,37)/t30-/m0/s1. The van der Waals surface area contributed by atoms with Crippen molar-refractivity contribution in [2.75, 3.05) is 13.2 Å². The molecule has 0 spiro atoms. The zero-order valence-corrected chi connectivity index (χ0v) is 24.3. The summed E-state index contributed by atoms with van der Waals surface area (Å²) in [6.45, 7) is 13.7. The van der Waals surface area contributed by atoms with E-state index in [1.165, 1.54) is 0 Å². The van der Waals surface area contributed by atoms with Crippen molar-refractivity contribution in [3.63, 3.8) is 0 Å². The topological polar surface area (TPSA) is 88.1 Å². The molecule has 2 amide bonds. The molecular weight excluding hydrogens is 504 g/mol. The summed E-state index contributed by atoms with van der Waals surface area (Å²) < 4.78 is 11.9. The van der Waals surface area contributed by atoms with Crippen LogP contribution in [0.2, 0.25) is 0 Å². The maximum atomic E-state index is 13.1. The van der Waals surface area contributed by atoms with Crippen LogP contribution in [0.1, 0.15) is 65.8 Å². The lowest BCUT2D eigenvalue weighted by atomic mass is 9.83. The molecule has 0 aromatic heterocycles. The van der Waals surface area contributed by atoms with Crippen LogP contribution in [0.5, 0.6) is 0 Å². The molecule has 40 heavy (non-hydrogen) atoms. The van der Waals surface area contributed by atoms with E-state index in [1.807, 2.05) is 96.1 Å². The number of carboxylic acid groups (broad SMARTS) is 1. The molecule has 1 aliphatic heterocycles. The van der Waals surface area contributed by atoms with Crippen LogP contribution in [0.15, 0.2) is 54.6 Å². The van der Waals surface area contributed by atoms with E-state index in [0.29, 0.717) is 38.4 Å². The number of rotatable bonds is 9. The molecule has 7 nitrogen and oxygen atoms in total. The predicted molar refractivity (Wildman–Crippen MR) is 156 cm³/mol. The molecule has 0 aliphatic carbocycles. The first-order valence-corrected chi connectivity index (χ1v) is 13.7. The lowest BCUT2D eigenvalue weighted by molar-refractivity contribution is -0.160. The molecule has 0 radical (unpaired) electrons. The van der Waals surface area contributed by atoms with Gasteiger partial charge in [-0.1, -0.05) is 60.2 Å². The fourth-order valence-corrected chi connectivity index (χ4v) is 5.28. The Morgan fingerprint density at radius 3 is 2.17 bits per heavy atom. The smallest absolute Gasteiger partial charge is 0.337 e. The molecule has 2 N–H and O–H groups in total. The molecule has 0 saturated carbocycles. The molecule has 0 fully saturated rings. The molecule has 1 atom stereocenters. The van der Waals surface area contributed by atoms with Crippen molar-refractivity contribution in [2.45, 2.75) is 72.9 Å². The first kappa shape index (κ1) is 29.3. The average molecular weight is 545 g/mol. The Morgan fingerprint density at radius 1 is 0.950 bits per heavy atom. The molecule has 3 aromatic carbocycles. The first-order chi connectivity index (χ1) is 19.0. The summed E-state index contributed by atoms with van der Waals surface area (Å²) in [7, 11) is 0. The molecular formula is C33H40N2O5. The van der Waals surface area contributed by atoms with Gasteiger partial charge < -0.3 is 24.8 Å². The van der Waals surface area contributed by atoms with E-state index in [1.54, 1.807) is 4.90 Å². The second-order valence-electron chi connectivity index (χ2n) is 11.4. The monoisotopic (exact) mass is 544 g/mol. The van der Waals surface area contributed by atoms with Gasteiger partial charge in [0.2, 0.25) is 0 Å². The van der Waals surface area contributed by atoms with Gasteiger partial charge in [0.15, 0.2) is 6.10 Å². The van der Waals surface area contributed by atoms with E-state index < -0.39 is 17.7 Å². The second kappa shape index (κ2) is 12.2. The molecule has 212 valence electrons. The Bertz CT molecular complexity index is 1360. The number of aryl methyl sites for hydroxylation is 1. The number of carbonyl (C=O) groups is 2. The van der Waals surface area contributed by atoms with Crippen molar-refractivity contribution in [2.24, 2.45) is 0 Å². The van der Waals surface area contributed by atoms with Gasteiger partial charge in [0.05, 0.1) is 18.8 Å². The fraction of sp³-hybridized carbons (Fsp3) is 0.394. The summed E-state index contributed by atoms with van der Waals surface area (Å²) in [6, 6.07) is 17.9. The zero-order chi connectivity index (χ0) is 29.0. The fourth-order valence-electron chi connectivity index (χ4n) is 5.28. The largest absolute Gasteiger partial charge is 0.479 e. The quantitative estimate of drug-likeness (QED) is 0.302. The predicted octanol–water partition coefficient (Wildman–Crippen LogP) is 6.46. The maximum absolute atomic E-state index is 13.1. The summed E-state index contributed by atoms with van der Waals surface area (Å²) in [6.07, 6.45) is -1.15. The minimum atomic E-state index is -1.15. The van der Waals surface area contributed by atoms with Gasteiger partial charge in [-0.3, -0.25) is 0 Å².